The molecule has 1 aliphatic rings. The van der Waals surface area contributed by atoms with E-state index in [0.717, 1.165) is 12.2 Å². The van der Waals surface area contributed by atoms with Crippen molar-refractivity contribution in [3.05, 3.63) is 12.3 Å². The van der Waals surface area contributed by atoms with Crippen molar-refractivity contribution >= 4 is 0 Å². The largest absolute Gasteiger partial charge is 0.311 e. The smallest absolute Gasteiger partial charge is 0.0343 e. The molecule has 0 radical (unpaired) electrons. The molecule has 1 saturated heterocycles. The van der Waals surface area contributed by atoms with Crippen molar-refractivity contribution in [2.24, 2.45) is 0 Å². The van der Waals surface area contributed by atoms with Gasteiger partial charge in [-0.25, -0.2) is 5.01 Å². The highest BCUT2D eigenvalue weighted by atomic mass is 15.6. The van der Waals surface area contributed by atoms with Crippen LogP contribution >= 0.6 is 0 Å². The lowest BCUT2D eigenvalue weighted by Gasteiger charge is -2.37. The number of hydrogen-bond acceptors (Lipinski definition) is 2. The molecule has 0 unspecified atom stereocenters. The van der Waals surface area contributed by atoms with Gasteiger partial charge >= 0.3 is 0 Å². The highest BCUT2D eigenvalue weighted by Crippen LogP contribution is 2.12. The van der Waals surface area contributed by atoms with E-state index in [9.17, 15) is 0 Å². The lowest BCUT2D eigenvalue weighted by atomic mass is 10.2. The molecule has 1 aliphatic heterocycles. The van der Waals surface area contributed by atoms with Crippen LogP contribution in [0.1, 0.15) is 19.8 Å². The Labute approximate surface area is 63.1 Å². The predicted molar refractivity (Wildman–Crippen MR) is 43.4 cm³/mol. The molecule has 0 bridgehead atoms. The first kappa shape index (κ1) is 7.61. The lowest BCUT2D eigenvalue weighted by Crippen LogP contribution is -2.42. The first-order valence-corrected chi connectivity index (χ1v) is 3.86. The summed E-state index contributed by atoms with van der Waals surface area (Å²) in [7, 11) is 2.12. The molecule has 0 amide bonds. The second kappa shape index (κ2) is 3.06. The summed E-state index contributed by atoms with van der Waals surface area (Å²) in [6, 6.07) is 0. The van der Waals surface area contributed by atoms with Gasteiger partial charge in [-0.1, -0.05) is 6.58 Å². The molecule has 0 saturated carbocycles. The molecule has 2 nitrogen and oxygen atoms in total. The molecule has 0 aromatic rings. The summed E-state index contributed by atoms with van der Waals surface area (Å²) in [5, 5.41) is 4.48. The Balaban J connectivity index is 2.47. The second-order valence-corrected chi connectivity index (χ2v) is 2.95. The molecular formula is C8H16N2. The van der Waals surface area contributed by atoms with E-state index in [-0.39, 0.29) is 0 Å². The quantitative estimate of drug-likeness (QED) is 0.544. The Kier molecular flexibility index (Phi) is 2.33. The summed E-state index contributed by atoms with van der Waals surface area (Å²) < 4.78 is 0. The molecule has 1 rings (SSSR count). The van der Waals surface area contributed by atoms with Gasteiger partial charge in [-0.15, -0.1) is 0 Å². The van der Waals surface area contributed by atoms with Crippen molar-refractivity contribution in [2.45, 2.75) is 19.8 Å². The van der Waals surface area contributed by atoms with Gasteiger partial charge < -0.3 is 5.01 Å². The molecule has 2 heteroatoms. The van der Waals surface area contributed by atoms with Crippen molar-refractivity contribution in [1.82, 2.24) is 10.0 Å². The van der Waals surface area contributed by atoms with Crippen molar-refractivity contribution in [2.75, 3.05) is 20.1 Å². The van der Waals surface area contributed by atoms with Crippen molar-refractivity contribution in [3.8, 4) is 0 Å². The highest BCUT2D eigenvalue weighted by molar-refractivity contribution is 4.87. The molecule has 0 aliphatic carbocycles. The van der Waals surface area contributed by atoms with Gasteiger partial charge in [-0.2, -0.15) is 0 Å². The maximum atomic E-state index is 3.91. The Morgan fingerprint density at radius 1 is 1.30 bits per heavy atom. The van der Waals surface area contributed by atoms with E-state index in [1.54, 1.807) is 0 Å². The fraction of sp³-hybridized carbons (Fsp3) is 0.750. The van der Waals surface area contributed by atoms with E-state index < -0.39 is 0 Å². The fourth-order valence-electron chi connectivity index (χ4n) is 1.38. The fourth-order valence-corrected chi connectivity index (χ4v) is 1.38. The van der Waals surface area contributed by atoms with Crippen LogP contribution in [0.25, 0.3) is 0 Å². The topological polar surface area (TPSA) is 6.48 Å². The number of hydrazine groups is 1. The van der Waals surface area contributed by atoms with Crippen LogP contribution in [0.5, 0.6) is 0 Å². The van der Waals surface area contributed by atoms with Gasteiger partial charge in [-0.3, -0.25) is 0 Å². The third kappa shape index (κ3) is 1.51. The maximum absolute atomic E-state index is 3.91. The first-order chi connectivity index (χ1) is 4.72. The minimum atomic E-state index is 1.14. The van der Waals surface area contributed by atoms with Gasteiger partial charge in [0, 0.05) is 25.8 Å². The molecule has 58 valence electrons. The minimum Gasteiger partial charge on any atom is -0.311 e. The summed E-state index contributed by atoms with van der Waals surface area (Å²) in [5.41, 5.74) is 1.15. The third-order valence-corrected chi connectivity index (χ3v) is 1.95. The van der Waals surface area contributed by atoms with Crippen LogP contribution in [0.15, 0.2) is 12.3 Å². The third-order valence-electron chi connectivity index (χ3n) is 1.95. The van der Waals surface area contributed by atoms with E-state index in [1.165, 1.54) is 19.4 Å². The standard InChI is InChI=1S/C8H16N2/c1-8(2)10-7-5-4-6-9(10)3/h1,4-7H2,2-3H3. The van der Waals surface area contributed by atoms with E-state index >= 15 is 0 Å². The monoisotopic (exact) mass is 140 g/mol. The lowest BCUT2D eigenvalue weighted by molar-refractivity contribution is 0.00798. The van der Waals surface area contributed by atoms with Crippen LogP contribution < -0.4 is 0 Å². The Hall–Kier alpha value is -0.500. The van der Waals surface area contributed by atoms with E-state index in [2.05, 4.69) is 30.6 Å². The summed E-state index contributed by atoms with van der Waals surface area (Å²) >= 11 is 0. The molecule has 0 aromatic heterocycles. The number of hydrogen-bond donors (Lipinski definition) is 0. The molecular weight excluding hydrogens is 124 g/mol. The van der Waals surface area contributed by atoms with Crippen LogP contribution in [-0.2, 0) is 0 Å². The van der Waals surface area contributed by atoms with Crippen molar-refractivity contribution in [1.29, 1.82) is 0 Å². The van der Waals surface area contributed by atoms with Gasteiger partial charge in [0.1, 0.15) is 0 Å². The number of nitrogens with zero attached hydrogens (tertiary/aromatic N) is 2. The minimum absolute atomic E-state index is 1.14. The Morgan fingerprint density at radius 2 is 1.90 bits per heavy atom. The van der Waals surface area contributed by atoms with Crippen LogP contribution in [0.2, 0.25) is 0 Å². The van der Waals surface area contributed by atoms with Gasteiger partial charge in [-0.05, 0) is 19.8 Å². The summed E-state index contributed by atoms with van der Waals surface area (Å²) in [5.74, 6) is 0. The van der Waals surface area contributed by atoms with Gasteiger partial charge in [0.2, 0.25) is 0 Å². The zero-order valence-electron chi connectivity index (χ0n) is 6.93. The molecule has 0 N–H and O–H groups in total. The average molecular weight is 140 g/mol. The van der Waals surface area contributed by atoms with Crippen LogP contribution in [0.3, 0.4) is 0 Å². The molecule has 0 atom stereocenters. The second-order valence-electron chi connectivity index (χ2n) is 2.95. The van der Waals surface area contributed by atoms with Crippen LogP contribution in [-0.4, -0.2) is 30.2 Å². The first-order valence-electron chi connectivity index (χ1n) is 3.86. The van der Waals surface area contributed by atoms with Gasteiger partial charge in [0.15, 0.2) is 0 Å². The molecule has 10 heavy (non-hydrogen) atoms. The van der Waals surface area contributed by atoms with Crippen LogP contribution in [0.4, 0.5) is 0 Å². The average Bonchev–Trinajstić information content (AvgIpc) is 1.88. The Morgan fingerprint density at radius 3 is 2.30 bits per heavy atom. The summed E-state index contributed by atoms with van der Waals surface area (Å²) in [6.45, 7) is 8.29. The summed E-state index contributed by atoms with van der Waals surface area (Å²) in [6.07, 6.45) is 2.62. The van der Waals surface area contributed by atoms with E-state index in [1.807, 2.05) is 0 Å². The summed E-state index contributed by atoms with van der Waals surface area (Å²) in [4.78, 5) is 0. The van der Waals surface area contributed by atoms with Crippen LogP contribution in [0, 0.1) is 0 Å². The molecule has 0 aromatic carbocycles. The zero-order chi connectivity index (χ0) is 7.56. The molecule has 1 heterocycles. The van der Waals surface area contributed by atoms with E-state index in [0.29, 0.717) is 0 Å². The highest BCUT2D eigenvalue weighted by Gasteiger charge is 2.13. The van der Waals surface area contributed by atoms with Gasteiger partial charge in [0.25, 0.3) is 0 Å². The molecule has 1 fully saturated rings. The SMILES string of the molecule is C=C(C)N1CCCCN1C. The Bertz CT molecular complexity index is 131. The number of allylic oxidation sites excluding steroid dienone is 1. The maximum Gasteiger partial charge on any atom is 0.0343 e. The van der Waals surface area contributed by atoms with Gasteiger partial charge in [0.05, 0.1) is 0 Å². The molecule has 0 spiro atoms. The zero-order valence-corrected chi connectivity index (χ0v) is 6.93. The van der Waals surface area contributed by atoms with Crippen molar-refractivity contribution in [3.63, 3.8) is 0 Å². The normalized spacial score (nSPS) is 21.2. The van der Waals surface area contributed by atoms with Crippen molar-refractivity contribution < 1.29 is 0 Å². The number of rotatable bonds is 1. The van der Waals surface area contributed by atoms with E-state index in [4.69, 9.17) is 0 Å². The predicted octanol–water partition coefficient (Wildman–Crippen LogP) is 1.46.